The topological polar surface area (TPSA) is 9.23 Å². The van der Waals surface area contributed by atoms with Crippen LogP contribution in [0.2, 0.25) is 0 Å². The summed E-state index contributed by atoms with van der Waals surface area (Å²) in [6, 6.07) is 9.08. The number of ether oxygens (including phenoxy) is 1. The Morgan fingerprint density at radius 2 is 1.80 bits per heavy atom. The van der Waals surface area contributed by atoms with E-state index in [0.717, 1.165) is 13.2 Å². The largest absolute Gasteiger partial charge is 0.379 e. The zero-order chi connectivity index (χ0) is 10.9. The van der Waals surface area contributed by atoms with E-state index in [2.05, 4.69) is 45.0 Å². The van der Waals surface area contributed by atoms with Crippen LogP contribution in [0.3, 0.4) is 0 Å². The van der Waals surface area contributed by atoms with Gasteiger partial charge < -0.3 is 4.74 Å². The lowest BCUT2D eigenvalue weighted by atomic mass is 9.76. The van der Waals surface area contributed by atoms with Crippen molar-refractivity contribution in [2.45, 2.75) is 38.5 Å². The van der Waals surface area contributed by atoms with Crippen LogP contribution in [0.5, 0.6) is 0 Å². The van der Waals surface area contributed by atoms with E-state index in [1.807, 2.05) is 0 Å². The molecule has 0 spiro atoms. The molecule has 0 unspecified atom stereocenters. The van der Waals surface area contributed by atoms with Crippen molar-refractivity contribution >= 4 is 0 Å². The Morgan fingerprint density at radius 3 is 2.13 bits per heavy atom. The van der Waals surface area contributed by atoms with E-state index in [1.165, 1.54) is 17.5 Å². The highest BCUT2D eigenvalue weighted by molar-refractivity contribution is 5.32. The smallest absolute Gasteiger partial charge is 0.0585 e. The number of hydrogen-bond acceptors (Lipinski definition) is 1. The Balaban J connectivity index is 2.23. The van der Waals surface area contributed by atoms with Crippen LogP contribution < -0.4 is 0 Å². The highest BCUT2D eigenvalue weighted by Crippen LogP contribution is 2.35. The molecule has 1 aromatic carbocycles. The van der Waals surface area contributed by atoms with Gasteiger partial charge in [-0.15, -0.1) is 0 Å². The molecule has 0 radical (unpaired) electrons. The van der Waals surface area contributed by atoms with Gasteiger partial charge in [0, 0.05) is 5.41 Å². The van der Waals surface area contributed by atoms with Crippen LogP contribution in [0, 0.1) is 0 Å². The Morgan fingerprint density at radius 1 is 1.20 bits per heavy atom. The van der Waals surface area contributed by atoms with E-state index in [1.54, 1.807) is 0 Å². The summed E-state index contributed by atoms with van der Waals surface area (Å²) in [6.07, 6.45) is 1.17. The number of benzene rings is 1. The summed E-state index contributed by atoms with van der Waals surface area (Å²) in [5.41, 5.74) is 3.18. The molecule has 0 aromatic heterocycles. The molecule has 1 fully saturated rings. The second-order valence-electron chi connectivity index (χ2n) is 4.90. The van der Waals surface area contributed by atoms with Crippen molar-refractivity contribution < 1.29 is 4.74 Å². The lowest BCUT2D eigenvalue weighted by Gasteiger charge is -2.41. The maximum Gasteiger partial charge on any atom is 0.0585 e. The third-order valence-electron chi connectivity index (χ3n) is 3.62. The van der Waals surface area contributed by atoms with Crippen molar-refractivity contribution in [3.63, 3.8) is 0 Å². The quantitative estimate of drug-likeness (QED) is 0.732. The zero-order valence-corrected chi connectivity index (χ0v) is 9.92. The average molecular weight is 204 g/mol. The molecule has 1 saturated heterocycles. The van der Waals surface area contributed by atoms with Gasteiger partial charge in [-0.1, -0.05) is 45.0 Å². The van der Waals surface area contributed by atoms with Crippen molar-refractivity contribution in [1.82, 2.24) is 0 Å². The summed E-state index contributed by atoms with van der Waals surface area (Å²) in [5, 5.41) is 0. The van der Waals surface area contributed by atoms with Gasteiger partial charge in [-0.3, -0.25) is 0 Å². The molecule has 1 nitrogen and oxygen atoms in total. The van der Waals surface area contributed by atoms with E-state index >= 15 is 0 Å². The van der Waals surface area contributed by atoms with Crippen LogP contribution in [0.25, 0.3) is 0 Å². The zero-order valence-electron chi connectivity index (χ0n) is 9.92. The number of rotatable bonds is 3. The minimum absolute atomic E-state index is 0.315. The van der Waals surface area contributed by atoms with Gasteiger partial charge in [-0.2, -0.15) is 0 Å². The fourth-order valence-corrected chi connectivity index (χ4v) is 2.14. The molecule has 1 aliphatic rings. The van der Waals surface area contributed by atoms with Crippen molar-refractivity contribution in [3.8, 4) is 0 Å². The molecule has 0 saturated carbocycles. The lowest BCUT2D eigenvalue weighted by Crippen LogP contribution is -2.46. The second-order valence-corrected chi connectivity index (χ2v) is 4.90. The molecular weight excluding hydrogens is 184 g/mol. The first-order valence-corrected chi connectivity index (χ1v) is 5.86. The molecule has 1 heterocycles. The van der Waals surface area contributed by atoms with Gasteiger partial charge in [-0.05, 0) is 23.5 Å². The standard InChI is InChI=1S/C14H20O/c1-4-14(9-15-10-14)13-7-5-12(6-8-13)11(2)3/h5-8,11H,4,9-10H2,1-3H3. The molecule has 0 N–H and O–H groups in total. The predicted octanol–water partition coefficient (Wildman–Crippen LogP) is 3.49. The molecule has 1 aliphatic heterocycles. The summed E-state index contributed by atoms with van der Waals surface area (Å²) in [6.45, 7) is 8.50. The first kappa shape index (κ1) is 10.7. The molecule has 1 aromatic rings. The van der Waals surface area contributed by atoms with Crippen molar-refractivity contribution in [2.75, 3.05) is 13.2 Å². The molecule has 0 aliphatic carbocycles. The minimum Gasteiger partial charge on any atom is -0.379 e. The normalized spacial score (nSPS) is 18.9. The Labute approximate surface area is 92.5 Å². The average Bonchev–Trinajstić information content (AvgIpc) is 2.18. The van der Waals surface area contributed by atoms with Crippen LogP contribution >= 0.6 is 0 Å². The molecule has 1 heteroatoms. The van der Waals surface area contributed by atoms with E-state index < -0.39 is 0 Å². The first-order valence-electron chi connectivity index (χ1n) is 5.86. The maximum atomic E-state index is 5.36. The van der Waals surface area contributed by atoms with E-state index in [0.29, 0.717) is 11.3 Å². The van der Waals surface area contributed by atoms with E-state index in [-0.39, 0.29) is 0 Å². The fourth-order valence-electron chi connectivity index (χ4n) is 2.14. The third-order valence-corrected chi connectivity index (χ3v) is 3.62. The van der Waals surface area contributed by atoms with Gasteiger partial charge >= 0.3 is 0 Å². The summed E-state index contributed by atoms with van der Waals surface area (Å²) < 4.78 is 5.36. The molecule has 82 valence electrons. The summed E-state index contributed by atoms with van der Waals surface area (Å²) in [7, 11) is 0. The summed E-state index contributed by atoms with van der Waals surface area (Å²) in [5.74, 6) is 0.620. The van der Waals surface area contributed by atoms with Crippen LogP contribution in [0.4, 0.5) is 0 Å². The van der Waals surface area contributed by atoms with Crippen LogP contribution in [0.1, 0.15) is 44.2 Å². The first-order chi connectivity index (χ1) is 7.18. The molecule has 0 atom stereocenters. The highest BCUT2D eigenvalue weighted by Gasteiger charge is 2.38. The Bertz CT molecular complexity index is 314. The van der Waals surface area contributed by atoms with Crippen molar-refractivity contribution in [3.05, 3.63) is 35.4 Å². The van der Waals surface area contributed by atoms with Gasteiger partial charge in [-0.25, -0.2) is 0 Å². The Kier molecular flexibility index (Phi) is 2.83. The van der Waals surface area contributed by atoms with Gasteiger partial charge in [0.25, 0.3) is 0 Å². The van der Waals surface area contributed by atoms with Crippen molar-refractivity contribution in [1.29, 1.82) is 0 Å². The number of hydrogen-bond donors (Lipinski definition) is 0. The maximum absolute atomic E-state index is 5.36. The van der Waals surface area contributed by atoms with Crippen LogP contribution in [-0.4, -0.2) is 13.2 Å². The van der Waals surface area contributed by atoms with Gasteiger partial charge in [0.05, 0.1) is 13.2 Å². The molecule has 2 rings (SSSR count). The lowest BCUT2D eigenvalue weighted by molar-refractivity contribution is -0.0620. The fraction of sp³-hybridized carbons (Fsp3) is 0.571. The minimum atomic E-state index is 0.315. The SMILES string of the molecule is CCC1(c2ccc(C(C)C)cc2)COC1. The second kappa shape index (κ2) is 3.97. The predicted molar refractivity (Wildman–Crippen MR) is 63.3 cm³/mol. The molecular formula is C14H20O. The molecule has 0 amide bonds. The van der Waals surface area contributed by atoms with Crippen molar-refractivity contribution in [2.24, 2.45) is 0 Å². The summed E-state index contributed by atoms with van der Waals surface area (Å²) in [4.78, 5) is 0. The van der Waals surface area contributed by atoms with Crippen LogP contribution in [0.15, 0.2) is 24.3 Å². The van der Waals surface area contributed by atoms with E-state index in [4.69, 9.17) is 4.74 Å². The van der Waals surface area contributed by atoms with Crippen LogP contribution in [-0.2, 0) is 10.2 Å². The third kappa shape index (κ3) is 1.81. The van der Waals surface area contributed by atoms with Gasteiger partial charge in [0.1, 0.15) is 0 Å². The van der Waals surface area contributed by atoms with E-state index in [9.17, 15) is 0 Å². The van der Waals surface area contributed by atoms with Gasteiger partial charge in [0.15, 0.2) is 0 Å². The molecule has 15 heavy (non-hydrogen) atoms. The highest BCUT2D eigenvalue weighted by atomic mass is 16.5. The summed E-state index contributed by atoms with van der Waals surface area (Å²) >= 11 is 0. The monoisotopic (exact) mass is 204 g/mol. The molecule has 0 bridgehead atoms. The Hall–Kier alpha value is -0.820. The van der Waals surface area contributed by atoms with Gasteiger partial charge in [0.2, 0.25) is 0 Å².